The summed E-state index contributed by atoms with van der Waals surface area (Å²) in [5.41, 5.74) is 6.12. The van der Waals surface area contributed by atoms with E-state index < -0.39 is 6.17 Å². The molecule has 0 aliphatic heterocycles. The molecule has 0 aliphatic carbocycles. The van der Waals surface area contributed by atoms with Gasteiger partial charge in [0.15, 0.2) is 0 Å². The molecule has 0 aliphatic rings. The first-order valence-corrected chi connectivity index (χ1v) is 4.91. The third-order valence-electron chi connectivity index (χ3n) is 2.05. The van der Waals surface area contributed by atoms with Crippen molar-refractivity contribution in [2.75, 3.05) is 13.1 Å². The summed E-state index contributed by atoms with van der Waals surface area (Å²) >= 11 is 0. The van der Waals surface area contributed by atoms with Gasteiger partial charge in [-0.2, -0.15) is 0 Å². The van der Waals surface area contributed by atoms with E-state index in [-0.39, 0.29) is 12.5 Å². The highest BCUT2D eigenvalue weighted by atomic mass is 19.1. The fourth-order valence-electron chi connectivity index (χ4n) is 1.27. The molecule has 1 aromatic rings. The molecule has 1 unspecified atom stereocenters. The lowest BCUT2D eigenvalue weighted by molar-refractivity contribution is 0.0955. The molecule has 0 aromatic heterocycles. The van der Waals surface area contributed by atoms with Crippen LogP contribution in [0.25, 0.3) is 0 Å². The summed E-state index contributed by atoms with van der Waals surface area (Å²) in [7, 11) is 0. The van der Waals surface area contributed by atoms with E-state index in [4.69, 9.17) is 5.73 Å². The zero-order valence-corrected chi connectivity index (χ0v) is 8.66. The summed E-state index contributed by atoms with van der Waals surface area (Å²) in [6.07, 6.45) is -1.21. The van der Waals surface area contributed by atoms with E-state index in [1.54, 1.807) is 18.2 Å². The minimum atomic E-state index is -1.21. The Kier molecular flexibility index (Phi) is 4.24. The lowest BCUT2D eigenvalue weighted by Crippen LogP contribution is -2.22. The highest BCUT2D eigenvalue weighted by Crippen LogP contribution is 2.17. The normalized spacial score (nSPS) is 12.2. The van der Waals surface area contributed by atoms with Gasteiger partial charge in [-0.15, -0.1) is 0 Å². The first-order valence-electron chi connectivity index (χ1n) is 4.91. The van der Waals surface area contributed by atoms with Crippen LogP contribution in [-0.4, -0.2) is 19.0 Å². The predicted molar refractivity (Wildman–Crippen MR) is 57.4 cm³/mol. The molecule has 1 rings (SSSR count). The van der Waals surface area contributed by atoms with Gasteiger partial charge in [0, 0.05) is 18.7 Å². The number of amides is 1. The Labute approximate surface area is 88.5 Å². The Morgan fingerprint density at radius 2 is 2.33 bits per heavy atom. The minimum Gasteiger partial charge on any atom is -0.352 e. The molecular formula is C11H15FN2O. The summed E-state index contributed by atoms with van der Waals surface area (Å²) in [5.74, 6) is -0.191. The number of hydrogen-bond donors (Lipinski definition) is 2. The number of nitrogens with one attached hydrogen (secondary N) is 1. The molecule has 4 heteroatoms. The second-order valence-electron chi connectivity index (χ2n) is 3.19. The Hall–Kier alpha value is -1.42. The summed E-state index contributed by atoms with van der Waals surface area (Å²) in [4.78, 5) is 11.4. The SMILES string of the molecule is CCNC(=O)c1cccc(C(F)CN)c1. The van der Waals surface area contributed by atoms with Gasteiger partial charge >= 0.3 is 0 Å². The van der Waals surface area contributed by atoms with Crippen LogP contribution in [0.15, 0.2) is 24.3 Å². The van der Waals surface area contributed by atoms with Crippen molar-refractivity contribution in [1.29, 1.82) is 0 Å². The monoisotopic (exact) mass is 210 g/mol. The van der Waals surface area contributed by atoms with Gasteiger partial charge in [0.05, 0.1) is 0 Å². The zero-order valence-electron chi connectivity index (χ0n) is 8.66. The van der Waals surface area contributed by atoms with Crippen molar-refractivity contribution in [3.63, 3.8) is 0 Å². The van der Waals surface area contributed by atoms with Crippen LogP contribution in [0.2, 0.25) is 0 Å². The highest BCUT2D eigenvalue weighted by molar-refractivity contribution is 5.94. The van der Waals surface area contributed by atoms with Gasteiger partial charge in [-0.05, 0) is 24.6 Å². The van der Waals surface area contributed by atoms with Crippen molar-refractivity contribution < 1.29 is 9.18 Å². The standard InChI is InChI=1S/C11H15FN2O/c1-2-14-11(15)9-5-3-4-8(6-9)10(12)7-13/h3-6,10H,2,7,13H2,1H3,(H,14,15). The molecule has 15 heavy (non-hydrogen) atoms. The van der Waals surface area contributed by atoms with Crippen molar-refractivity contribution in [3.05, 3.63) is 35.4 Å². The van der Waals surface area contributed by atoms with E-state index in [0.717, 1.165) is 0 Å². The molecule has 0 fully saturated rings. The third-order valence-corrected chi connectivity index (χ3v) is 2.05. The Balaban J connectivity index is 2.87. The quantitative estimate of drug-likeness (QED) is 0.789. The lowest BCUT2D eigenvalue weighted by Gasteiger charge is -2.07. The molecule has 1 atom stereocenters. The average Bonchev–Trinajstić information content (AvgIpc) is 2.28. The van der Waals surface area contributed by atoms with Crippen LogP contribution >= 0.6 is 0 Å². The molecule has 1 amide bonds. The number of hydrogen-bond acceptors (Lipinski definition) is 2. The molecule has 0 saturated carbocycles. The first-order chi connectivity index (χ1) is 7.19. The van der Waals surface area contributed by atoms with Gasteiger partial charge < -0.3 is 11.1 Å². The number of benzene rings is 1. The lowest BCUT2D eigenvalue weighted by atomic mass is 10.1. The van der Waals surface area contributed by atoms with Crippen LogP contribution in [-0.2, 0) is 0 Å². The van der Waals surface area contributed by atoms with Crippen molar-refractivity contribution in [1.82, 2.24) is 5.32 Å². The number of rotatable bonds is 4. The largest absolute Gasteiger partial charge is 0.352 e. The maximum absolute atomic E-state index is 13.2. The highest BCUT2D eigenvalue weighted by Gasteiger charge is 2.10. The van der Waals surface area contributed by atoms with Crippen LogP contribution in [0.3, 0.4) is 0 Å². The number of carbonyl (C=O) groups is 1. The predicted octanol–water partition coefficient (Wildman–Crippen LogP) is 1.41. The molecule has 0 saturated heterocycles. The number of carbonyl (C=O) groups excluding carboxylic acids is 1. The van der Waals surface area contributed by atoms with Crippen LogP contribution in [0, 0.1) is 0 Å². The van der Waals surface area contributed by atoms with Crippen LogP contribution < -0.4 is 11.1 Å². The molecule has 3 nitrogen and oxygen atoms in total. The molecule has 0 bridgehead atoms. The first kappa shape index (κ1) is 11.7. The van der Waals surface area contributed by atoms with E-state index in [1.165, 1.54) is 6.07 Å². The maximum atomic E-state index is 13.2. The second-order valence-corrected chi connectivity index (χ2v) is 3.19. The summed E-state index contributed by atoms with van der Waals surface area (Å²) in [6.45, 7) is 2.32. The number of alkyl halides is 1. The van der Waals surface area contributed by atoms with Gasteiger partial charge in [-0.1, -0.05) is 12.1 Å². The summed E-state index contributed by atoms with van der Waals surface area (Å²) < 4.78 is 13.2. The topological polar surface area (TPSA) is 55.1 Å². The van der Waals surface area contributed by atoms with Crippen LogP contribution in [0.1, 0.15) is 29.0 Å². The van der Waals surface area contributed by atoms with Gasteiger partial charge in [0.1, 0.15) is 6.17 Å². The van der Waals surface area contributed by atoms with Crippen molar-refractivity contribution in [2.24, 2.45) is 5.73 Å². The molecule has 0 heterocycles. The second kappa shape index (κ2) is 5.46. The summed E-state index contributed by atoms with van der Waals surface area (Å²) in [5, 5.41) is 2.65. The Morgan fingerprint density at radius 1 is 1.60 bits per heavy atom. The van der Waals surface area contributed by atoms with Crippen molar-refractivity contribution in [2.45, 2.75) is 13.1 Å². The van der Waals surface area contributed by atoms with Gasteiger partial charge in [0.2, 0.25) is 0 Å². The molecule has 82 valence electrons. The van der Waals surface area contributed by atoms with E-state index in [0.29, 0.717) is 17.7 Å². The Morgan fingerprint density at radius 3 is 2.93 bits per heavy atom. The zero-order chi connectivity index (χ0) is 11.3. The maximum Gasteiger partial charge on any atom is 0.251 e. The fourth-order valence-corrected chi connectivity index (χ4v) is 1.27. The van der Waals surface area contributed by atoms with Crippen LogP contribution in [0.4, 0.5) is 4.39 Å². The van der Waals surface area contributed by atoms with Gasteiger partial charge in [-0.3, -0.25) is 4.79 Å². The van der Waals surface area contributed by atoms with Gasteiger partial charge in [0.25, 0.3) is 5.91 Å². The fraction of sp³-hybridized carbons (Fsp3) is 0.364. The van der Waals surface area contributed by atoms with E-state index >= 15 is 0 Å². The van der Waals surface area contributed by atoms with E-state index in [2.05, 4.69) is 5.32 Å². The van der Waals surface area contributed by atoms with Crippen molar-refractivity contribution >= 4 is 5.91 Å². The number of nitrogens with two attached hydrogens (primary N) is 1. The number of halogens is 1. The van der Waals surface area contributed by atoms with E-state index in [9.17, 15) is 9.18 Å². The van der Waals surface area contributed by atoms with E-state index in [1.807, 2.05) is 6.92 Å². The molecule has 0 spiro atoms. The molecule has 0 radical (unpaired) electrons. The van der Waals surface area contributed by atoms with Gasteiger partial charge in [-0.25, -0.2) is 4.39 Å². The smallest absolute Gasteiger partial charge is 0.251 e. The summed E-state index contributed by atoms with van der Waals surface area (Å²) in [6, 6.07) is 6.46. The Bertz CT molecular complexity index is 341. The average molecular weight is 210 g/mol. The molecular weight excluding hydrogens is 195 g/mol. The van der Waals surface area contributed by atoms with Crippen molar-refractivity contribution in [3.8, 4) is 0 Å². The third kappa shape index (κ3) is 3.02. The molecule has 3 N–H and O–H groups in total. The van der Waals surface area contributed by atoms with Crippen LogP contribution in [0.5, 0.6) is 0 Å². The minimum absolute atomic E-state index is 0.0706. The molecule has 1 aromatic carbocycles.